The zero-order valence-electron chi connectivity index (χ0n) is 12.0. The van der Waals surface area contributed by atoms with Crippen molar-refractivity contribution in [2.45, 2.75) is 50.4 Å². The first-order valence-electron chi connectivity index (χ1n) is 7.31. The molecule has 0 aliphatic heterocycles. The summed E-state index contributed by atoms with van der Waals surface area (Å²) in [4.78, 5) is 0. The first-order valence-corrected chi connectivity index (χ1v) is 8.60. The van der Waals surface area contributed by atoms with Gasteiger partial charge in [-0.25, -0.2) is 0 Å². The molecule has 1 saturated carbocycles. The third-order valence-electron chi connectivity index (χ3n) is 3.72. The lowest BCUT2D eigenvalue weighted by Gasteiger charge is -2.19. The molecule has 0 saturated heterocycles. The normalized spacial score (nSPS) is 22.6. The Morgan fingerprint density at radius 3 is 2.74 bits per heavy atom. The molecule has 1 aliphatic carbocycles. The Balaban J connectivity index is 1.79. The van der Waals surface area contributed by atoms with Gasteiger partial charge in [0.15, 0.2) is 0 Å². The van der Waals surface area contributed by atoms with Crippen LogP contribution in [-0.2, 0) is 6.54 Å². The Kier molecular flexibility index (Phi) is 6.05. The highest BCUT2D eigenvalue weighted by Crippen LogP contribution is 2.28. The fourth-order valence-electron chi connectivity index (χ4n) is 2.61. The number of thioether (sulfide) groups is 1. The van der Waals surface area contributed by atoms with E-state index in [-0.39, 0.29) is 0 Å². The Morgan fingerprint density at radius 1 is 1.26 bits per heavy atom. The van der Waals surface area contributed by atoms with Crippen LogP contribution in [0.4, 0.5) is 0 Å². The first-order chi connectivity index (χ1) is 9.33. The van der Waals surface area contributed by atoms with E-state index in [9.17, 15) is 0 Å². The van der Waals surface area contributed by atoms with E-state index < -0.39 is 0 Å². The van der Waals surface area contributed by atoms with Crippen molar-refractivity contribution in [2.75, 3.05) is 12.9 Å². The van der Waals surface area contributed by atoms with Crippen molar-refractivity contribution in [1.29, 1.82) is 0 Å². The molecule has 1 aromatic carbocycles. The molecule has 3 heteroatoms. The molecule has 0 spiro atoms. The van der Waals surface area contributed by atoms with Crippen molar-refractivity contribution < 1.29 is 4.74 Å². The highest BCUT2D eigenvalue weighted by molar-refractivity contribution is 7.99. The summed E-state index contributed by atoms with van der Waals surface area (Å²) < 4.78 is 5.60. The number of rotatable bonds is 7. The second-order valence-corrected chi connectivity index (χ2v) is 6.26. The van der Waals surface area contributed by atoms with E-state index in [4.69, 9.17) is 4.74 Å². The van der Waals surface area contributed by atoms with Crippen LogP contribution in [0.1, 0.15) is 38.2 Å². The van der Waals surface area contributed by atoms with Crippen LogP contribution in [0.15, 0.2) is 24.3 Å². The summed E-state index contributed by atoms with van der Waals surface area (Å²) in [5.74, 6) is 0.980. The van der Waals surface area contributed by atoms with Crippen LogP contribution in [0.5, 0.6) is 5.75 Å². The Hall–Kier alpha value is -0.670. The monoisotopic (exact) mass is 279 g/mol. The van der Waals surface area contributed by atoms with Crippen molar-refractivity contribution in [1.82, 2.24) is 5.32 Å². The standard InChI is InChI=1S/C16H25NOS/c1-3-11-18-14-9-7-13(8-10-14)12-17-15-5-4-6-16(15)19-2/h7-10,15-17H,3-6,11-12H2,1-2H3. The predicted octanol–water partition coefficient (Wildman–Crippen LogP) is 3.85. The van der Waals surface area contributed by atoms with Crippen molar-refractivity contribution in [3.05, 3.63) is 29.8 Å². The zero-order valence-corrected chi connectivity index (χ0v) is 12.8. The third kappa shape index (κ3) is 4.43. The average Bonchev–Trinajstić information content (AvgIpc) is 2.91. The van der Waals surface area contributed by atoms with Crippen molar-refractivity contribution >= 4 is 11.8 Å². The van der Waals surface area contributed by atoms with Crippen LogP contribution < -0.4 is 10.1 Å². The first kappa shape index (κ1) is 14.7. The molecule has 0 amide bonds. The van der Waals surface area contributed by atoms with Gasteiger partial charge in [0.1, 0.15) is 5.75 Å². The summed E-state index contributed by atoms with van der Waals surface area (Å²) >= 11 is 2.00. The van der Waals surface area contributed by atoms with Gasteiger partial charge in [-0.2, -0.15) is 11.8 Å². The second kappa shape index (κ2) is 7.81. The lowest BCUT2D eigenvalue weighted by Crippen LogP contribution is -2.33. The third-order valence-corrected chi connectivity index (χ3v) is 4.89. The van der Waals surface area contributed by atoms with Gasteiger partial charge in [-0.3, -0.25) is 0 Å². The van der Waals surface area contributed by atoms with E-state index in [1.165, 1.54) is 24.8 Å². The van der Waals surface area contributed by atoms with Crippen LogP contribution in [0.25, 0.3) is 0 Å². The maximum atomic E-state index is 5.60. The zero-order chi connectivity index (χ0) is 13.5. The van der Waals surface area contributed by atoms with Gasteiger partial charge in [-0.1, -0.05) is 25.5 Å². The highest BCUT2D eigenvalue weighted by atomic mass is 32.2. The van der Waals surface area contributed by atoms with E-state index in [0.29, 0.717) is 6.04 Å². The van der Waals surface area contributed by atoms with Crippen LogP contribution in [-0.4, -0.2) is 24.2 Å². The molecule has 0 bridgehead atoms. The molecular formula is C16H25NOS. The number of hydrogen-bond acceptors (Lipinski definition) is 3. The molecule has 2 atom stereocenters. The highest BCUT2D eigenvalue weighted by Gasteiger charge is 2.25. The summed E-state index contributed by atoms with van der Waals surface area (Å²) in [7, 11) is 0. The van der Waals surface area contributed by atoms with Crippen LogP contribution in [0, 0.1) is 0 Å². The minimum Gasteiger partial charge on any atom is -0.494 e. The van der Waals surface area contributed by atoms with Gasteiger partial charge in [-0.15, -0.1) is 0 Å². The average molecular weight is 279 g/mol. The molecule has 106 valence electrons. The molecule has 1 fully saturated rings. The SMILES string of the molecule is CCCOc1ccc(CNC2CCCC2SC)cc1. The van der Waals surface area contributed by atoms with E-state index in [2.05, 4.69) is 42.8 Å². The maximum absolute atomic E-state index is 5.60. The van der Waals surface area contributed by atoms with E-state index in [1.807, 2.05) is 11.8 Å². The van der Waals surface area contributed by atoms with Gasteiger partial charge in [0.25, 0.3) is 0 Å². The number of hydrogen-bond donors (Lipinski definition) is 1. The molecule has 0 radical (unpaired) electrons. The molecule has 19 heavy (non-hydrogen) atoms. The van der Waals surface area contributed by atoms with Crippen LogP contribution in [0.3, 0.4) is 0 Å². The minimum absolute atomic E-state index is 0.686. The Morgan fingerprint density at radius 2 is 2.05 bits per heavy atom. The van der Waals surface area contributed by atoms with Crippen molar-refractivity contribution in [3.8, 4) is 5.75 Å². The summed E-state index contributed by atoms with van der Waals surface area (Å²) in [5, 5.41) is 4.50. The van der Waals surface area contributed by atoms with Crippen molar-refractivity contribution in [2.24, 2.45) is 0 Å². The fourth-order valence-corrected chi connectivity index (χ4v) is 3.58. The Labute approximate surface area is 121 Å². The number of nitrogens with one attached hydrogen (secondary N) is 1. The van der Waals surface area contributed by atoms with Crippen LogP contribution >= 0.6 is 11.8 Å². The summed E-state index contributed by atoms with van der Waals surface area (Å²) in [6.45, 7) is 3.90. The molecule has 2 rings (SSSR count). The van der Waals surface area contributed by atoms with E-state index in [0.717, 1.165) is 30.6 Å². The van der Waals surface area contributed by atoms with Crippen molar-refractivity contribution in [3.63, 3.8) is 0 Å². The summed E-state index contributed by atoms with van der Waals surface area (Å²) in [6.07, 6.45) is 7.34. The molecule has 1 N–H and O–H groups in total. The van der Waals surface area contributed by atoms with Gasteiger partial charge in [0.2, 0.25) is 0 Å². The predicted molar refractivity (Wildman–Crippen MR) is 84.0 cm³/mol. The quantitative estimate of drug-likeness (QED) is 0.819. The largest absolute Gasteiger partial charge is 0.494 e. The molecule has 1 aliphatic rings. The van der Waals surface area contributed by atoms with Crippen LogP contribution in [0.2, 0.25) is 0 Å². The lowest BCUT2D eigenvalue weighted by atomic mass is 10.2. The van der Waals surface area contributed by atoms with Gasteiger partial charge in [-0.05, 0) is 43.2 Å². The lowest BCUT2D eigenvalue weighted by molar-refractivity contribution is 0.317. The smallest absolute Gasteiger partial charge is 0.119 e. The minimum atomic E-state index is 0.686. The second-order valence-electron chi connectivity index (χ2n) is 5.18. The van der Waals surface area contributed by atoms with Gasteiger partial charge >= 0.3 is 0 Å². The number of benzene rings is 1. The molecule has 2 unspecified atom stereocenters. The molecule has 2 nitrogen and oxygen atoms in total. The van der Waals surface area contributed by atoms with Gasteiger partial charge < -0.3 is 10.1 Å². The molecular weight excluding hydrogens is 254 g/mol. The van der Waals surface area contributed by atoms with E-state index in [1.54, 1.807) is 0 Å². The van der Waals surface area contributed by atoms with Gasteiger partial charge in [0, 0.05) is 17.8 Å². The molecule has 0 aromatic heterocycles. The van der Waals surface area contributed by atoms with Gasteiger partial charge in [0.05, 0.1) is 6.61 Å². The fraction of sp³-hybridized carbons (Fsp3) is 0.625. The van der Waals surface area contributed by atoms with E-state index >= 15 is 0 Å². The summed E-state index contributed by atoms with van der Waals surface area (Å²) in [6, 6.07) is 9.18. The summed E-state index contributed by atoms with van der Waals surface area (Å²) in [5.41, 5.74) is 1.34. The molecule has 0 heterocycles. The Bertz CT molecular complexity index is 366. The topological polar surface area (TPSA) is 21.3 Å². The maximum Gasteiger partial charge on any atom is 0.119 e. The molecule has 1 aromatic rings. The number of ether oxygens (including phenoxy) is 1.